The van der Waals surface area contributed by atoms with Crippen LogP contribution in [0.1, 0.15) is 49.4 Å². The molecule has 104 valence electrons. The van der Waals surface area contributed by atoms with Gasteiger partial charge in [-0.2, -0.15) is 0 Å². The first-order chi connectivity index (χ1) is 9.19. The summed E-state index contributed by atoms with van der Waals surface area (Å²) in [6.45, 7) is 3.02. The molecular weight excluding hydrogens is 238 g/mol. The van der Waals surface area contributed by atoms with Gasteiger partial charge in [-0.15, -0.1) is 0 Å². The Bertz CT molecular complexity index is 439. The SMILES string of the molecule is CCC1(CNC(=O)c2ccnc(NC)c2)CCCC1. The molecule has 0 spiro atoms. The van der Waals surface area contributed by atoms with Crippen molar-refractivity contribution >= 4 is 11.7 Å². The largest absolute Gasteiger partial charge is 0.373 e. The van der Waals surface area contributed by atoms with Gasteiger partial charge in [-0.3, -0.25) is 4.79 Å². The summed E-state index contributed by atoms with van der Waals surface area (Å²) in [6.07, 6.45) is 7.87. The van der Waals surface area contributed by atoms with Crippen LogP contribution in [0.3, 0.4) is 0 Å². The third-order valence-electron chi connectivity index (χ3n) is 4.32. The first-order valence-corrected chi connectivity index (χ1v) is 7.11. The van der Waals surface area contributed by atoms with Crippen molar-refractivity contribution < 1.29 is 4.79 Å². The summed E-state index contributed by atoms with van der Waals surface area (Å²) < 4.78 is 0. The molecule has 2 N–H and O–H groups in total. The molecule has 1 aliphatic rings. The van der Waals surface area contributed by atoms with Gasteiger partial charge in [-0.1, -0.05) is 19.8 Å². The number of pyridine rings is 1. The van der Waals surface area contributed by atoms with Crippen molar-refractivity contribution in [1.29, 1.82) is 0 Å². The van der Waals surface area contributed by atoms with Crippen molar-refractivity contribution in [1.82, 2.24) is 10.3 Å². The van der Waals surface area contributed by atoms with Gasteiger partial charge in [0, 0.05) is 25.4 Å². The lowest BCUT2D eigenvalue weighted by molar-refractivity contribution is 0.0928. The summed E-state index contributed by atoms with van der Waals surface area (Å²) in [4.78, 5) is 16.3. The number of hydrogen-bond acceptors (Lipinski definition) is 3. The number of amides is 1. The quantitative estimate of drug-likeness (QED) is 0.857. The molecule has 0 radical (unpaired) electrons. The number of anilines is 1. The van der Waals surface area contributed by atoms with Crippen molar-refractivity contribution in [2.24, 2.45) is 5.41 Å². The lowest BCUT2D eigenvalue weighted by atomic mass is 9.83. The number of carbonyl (C=O) groups is 1. The number of carbonyl (C=O) groups excluding carboxylic acids is 1. The van der Waals surface area contributed by atoms with E-state index >= 15 is 0 Å². The van der Waals surface area contributed by atoms with Gasteiger partial charge < -0.3 is 10.6 Å². The molecular formula is C15H23N3O. The van der Waals surface area contributed by atoms with Crippen molar-refractivity contribution in [3.8, 4) is 0 Å². The van der Waals surface area contributed by atoms with Gasteiger partial charge in [0.05, 0.1) is 0 Å². The number of rotatable bonds is 5. The smallest absolute Gasteiger partial charge is 0.251 e. The molecule has 1 fully saturated rings. The van der Waals surface area contributed by atoms with Crippen LogP contribution in [0.5, 0.6) is 0 Å². The van der Waals surface area contributed by atoms with Crippen LogP contribution in [-0.4, -0.2) is 24.5 Å². The number of nitrogens with one attached hydrogen (secondary N) is 2. The third-order valence-corrected chi connectivity index (χ3v) is 4.32. The maximum Gasteiger partial charge on any atom is 0.251 e. The Labute approximate surface area is 115 Å². The zero-order chi connectivity index (χ0) is 13.7. The molecule has 0 bridgehead atoms. The second-order valence-electron chi connectivity index (χ2n) is 5.42. The second-order valence-corrected chi connectivity index (χ2v) is 5.42. The van der Waals surface area contributed by atoms with Crippen LogP contribution in [0, 0.1) is 5.41 Å². The number of aromatic nitrogens is 1. The molecule has 1 aromatic heterocycles. The van der Waals surface area contributed by atoms with Crippen LogP contribution < -0.4 is 10.6 Å². The minimum Gasteiger partial charge on any atom is -0.373 e. The maximum absolute atomic E-state index is 12.2. The lowest BCUT2D eigenvalue weighted by Gasteiger charge is -2.27. The van der Waals surface area contributed by atoms with Gasteiger partial charge >= 0.3 is 0 Å². The van der Waals surface area contributed by atoms with Crippen LogP contribution in [0.2, 0.25) is 0 Å². The molecule has 1 saturated carbocycles. The predicted molar refractivity (Wildman–Crippen MR) is 77.3 cm³/mol. The average Bonchev–Trinajstić information content (AvgIpc) is 2.94. The topological polar surface area (TPSA) is 54.0 Å². The Morgan fingerprint density at radius 3 is 2.79 bits per heavy atom. The number of hydrogen-bond donors (Lipinski definition) is 2. The molecule has 1 heterocycles. The summed E-state index contributed by atoms with van der Waals surface area (Å²) in [5.74, 6) is 0.720. The van der Waals surface area contributed by atoms with E-state index in [-0.39, 0.29) is 5.91 Å². The van der Waals surface area contributed by atoms with E-state index in [9.17, 15) is 4.79 Å². The Morgan fingerprint density at radius 2 is 2.16 bits per heavy atom. The van der Waals surface area contributed by atoms with E-state index in [0.717, 1.165) is 18.8 Å². The molecule has 1 aliphatic carbocycles. The fraction of sp³-hybridized carbons (Fsp3) is 0.600. The van der Waals surface area contributed by atoms with E-state index in [1.54, 1.807) is 25.4 Å². The van der Waals surface area contributed by atoms with E-state index in [1.807, 2.05) is 0 Å². The average molecular weight is 261 g/mol. The highest BCUT2D eigenvalue weighted by Gasteiger charge is 2.32. The third kappa shape index (κ3) is 3.25. The van der Waals surface area contributed by atoms with Crippen molar-refractivity contribution in [3.63, 3.8) is 0 Å². The first-order valence-electron chi connectivity index (χ1n) is 7.11. The maximum atomic E-state index is 12.2. The fourth-order valence-electron chi connectivity index (χ4n) is 2.86. The van der Waals surface area contributed by atoms with E-state index in [4.69, 9.17) is 0 Å². The minimum atomic E-state index is -0.00127. The molecule has 19 heavy (non-hydrogen) atoms. The van der Waals surface area contributed by atoms with E-state index in [2.05, 4.69) is 22.5 Å². The van der Waals surface area contributed by atoms with E-state index < -0.39 is 0 Å². The zero-order valence-corrected chi connectivity index (χ0v) is 11.8. The summed E-state index contributed by atoms with van der Waals surface area (Å²) >= 11 is 0. The van der Waals surface area contributed by atoms with Crippen molar-refractivity contribution in [2.75, 3.05) is 18.9 Å². The van der Waals surface area contributed by atoms with Crippen molar-refractivity contribution in [3.05, 3.63) is 23.9 Å². The van der Waals surface area contributed by atoms with Gasteiger partial charge in [0.2, 0.25) is 0 Å². The second kappa shape index (κ2) is 6.04. The standard InChI is InChI=1S/C15H23N3O/c1-3-15(7-4-5-8-15)11-18-14(19)12-6-9-17-13(10-12)16-2/h6,9-10H,3-5,7-8,11H2,1-2H3,(H,16,17)(H,18,19). The first kappa shape index (κ1) is 13.8. The van der Waals surface area contributed by atoms with E-state index in [1.165, 1.54) is 25.7 Å². The highest BCUT2D eigenvalue weighted by atomic mass is 16.1. The Morgan fingerprint density at radius 1 is 1.42 bits per heavy atom. The van der Waals surface area contributed by atoms with Crippen LogP contribution in [0.15, 0.2) is 18.3 Å². The molecule has 0 aromatic carbocycles. The molecule has 4 heteroatoms. The highest BCUT2D eigenvalue weighted by Crippen LogP contribution is 2.40. The highest BCUT2D eigenvalue weighted by molar-refractivity contribution is 5.94. The summed E-state index contributed by atoms with van der Waals surface area (Å²) in [6, 6.07) is 3.53. The zero-order valence-electron chi connectivity index (χ0n) is 11.8. The molecule has 2 rings (SSSR count). The summed E-state index contributed by atoms with van der Waals surface area (Å²) in [7, 11) is 1.80. The molecule has 0 aliphatic heterocycles. The Balaban J connectivity index is 1.97. The van der Waals surface area contributed by atoms with Gasteiger partial charge in [-0.25, -0.2) is 4.98 Å². The van der Waals surface area contributed by atoms with Gasteiger partial charge in [0.25, 0.3) is 5.91 Å². The van der Waals surface area contributed by atoms with Crippen LogP contribution in [-0.2, 0) is 0 Å². The molecule has 1 aromatic rings. The normalized spacial score (nSPS) is 17.2. The Kier molecular flexibility index (Phi) is 4.40. The van der Waals surface area contributed by atoms with Crippen LogP contribution >= 0.6 is 0 Å². The molecule has 1 amide bonds. The van der Waals surface area contributed by atoms with Gasteiger partial charge in [-0.05, 0) is 36.8 Å². The van der Waals surface area contributed by atoms with Crippen molar-refractivity contribution in [2.45, 2.75) is 39.0 Å². The molecule has 0 atom stereocenters. The minimum absolute atomic E-state index is 0.00127. The number of nitrogens with zero attached hydrogens (tertiary/aromatic N) is 1. The Hall–Kier alpha value is -1.58. The van der Waals surface area contributed by atoms with Crippen LogP contribution in [0.4, 0.5) is 5.82 Å². The predicted octanol–water partition coefficient (Wildman–Crippen LogP) is 2.82. The summed E-state index contributed by atoms with van der Waals surface area (Å²) in [5, 5.41) is 6.04. The lowest BCUT2D eigenvalue weighted by Crippen LogP contribution is -2.35. The summed E-state index contributed by atoms with van der Waals surface area (Å²) in [5.41, 5.74) is 0.998. The molecule has 0 saturated heterocycles. The van der Waals surface area contributed by atoms with E-state index in [0.29, 0.717) is 11.0 Å². The van der Waals surface area contributed by atoms with Crippen LogP contribution in [0.25, 0.3) is 0 Å². The fourth-order valence-corrected chi connectivity index (χ4v) is 2.86. The molecule has 4 nitrogen and oxygen atoms in total. The van der Waals surface area contributed by atoms with Gasteiger partial charge in [0.15, 0.2) is 0 Å². The molecule has 0 unspecified atom stereocenters. The monoisotopic (exact) mass is 261 g/mol. The van der Waals surface area contributed by atoms with Gasteiger partial charge in [0.1, 0.15) is 5.82 Å².